The molecular formula is C32H36N6O5. The third-order valence-electron chi connectivity index (χ3n) is 7.62. The molecule has 0 spiro atoms. The van der Waals surface area contributed by atoms with E-state index in [0.717, 1.165) is 32.1 Å². The summed E-state index contributed by atoms with van der Waals surface area (Å²) in [6.45, 7) is 1.27. The molecular weight excluding hydrogens is 548 g/mol. The van der Waals surface area contributed by atoms with Gasteiger partial charge in [0.15, 0.2) is 11.5 Å². The average molecular weight is 585 g/mol. The predicted molar refractivity (Wildman–Crippen MR) is 163 cm³/mol. The number of fused-ring (bicyclic) bond motifs is 1. The molecule has 1 aromatic heterocycles. The number of anilines is 2. The number of benzene rings is 3. The number of methoxy groups -OCH3 is 2. The quantitative estimate of drug-likeness (QED) is 0.278. The number of hydrogen-bond acceptors (Lipinski definition) is 7. The molecule has 0 unspecified atom stereocenters. The average Bonchev–Trinajstić information content (AvgIpc) is 3.42. The van der Waals surface area contributed by atoms with Crippen molar-refractivity contribution >= 4 is 40.1 Å². The molecule has 1 saturated carbocycles. The molecule has 1 fully saturated rings. The Morgan fingerprint density at radius 1 is 0.953 bits per heavy atom. The molecule has 1 heterocycles. The molecule has 1 atom stereocenters. The van der Waals surface area contributed by atoms with Gasteiger partial charge in [-0.2, -0.15) is 0 Å². The zero-order chi connectivity index (χ0) is 30.3. The first-order valence-corrected chi connectivity index (χ1v) is 14.4. The minimum Gasteiger partial charge on any atom is -0.493 e. The molecule has 43 heavy (non-hydrogen) atoms. The Labute approximate surface area is 250 Å². The van der Waals surface area contributed by atoms with Crippen LogP contribution in [0.1, 0.15) is 50.6 Å². The number of aromatic nitrogens is 3. The van der Waals surface area contributed by atoms with Crippen molar-refractivity contribution in [3.8, 4) is 11.5 Å². The fourth-order valence-electron chi connectivity index (χ4n) is 5.55. The molecule has 224 valence electrons. The van der Waals surface area contributed by atoms with Gasteiger partial charge < -0.3 is 20.1 Å². The van der Waals surface area contributed by atoms with Gasteiger partial charge in [-0.25, -0.2) is 4.68 Å². The maximum atomic E-state index is 14.3. The van der Waals surface area contributed by atoms with Crippen LogP contribution in [0.3, 0.4) is 0 Å². The first-order chi connectivity index (χ1) is 20.9. The van der Waals surface area contributed by atoms with E-state index in [0.29, 0.717) is 39.5 Å². The second-order valence-corrected chi connectivity index (χ2v) is 10.6. The summed E-state index contributed by atoms with van der Waals surface area (Å²) in [5.41, 5.74) is 2.95. The number of carbonyl (C=O) groups excluding carboxylic acids is 3. The normalized spacial score (nSPS) is 14.1. The van der Waals surface area contributed by atoms with E-state index in [1.165, 1.54) is 23.6 Å². The number of carbonyl (C=O) groups is 3. The summed E-state index contributed by atoms with van der Waals surface area (Å²) in [6, 6.07) is 18.4. The van der Waals surface area contributed by atoms with Crippen LogP contribution < -0.4 is 25.0 Å². The van der Waals surface area contributed by atoms with Crippen LogP contribution in [-0.2, 0) is 20.9 Å². The predicted octanol–water partition coefficient (Wildman–Crippen LogP) is 4.63. The first kappa shape index (κ1) is 29.6. The van der Waals surface area contributed by atoms with Crippen molar-refractivity contribution < 1.29 is 23.9 Å². The lowest BCUT2D eigenvalue weighted by atomic mass is 9.94. The third-order valence-corrected chi connectivity index (χ3v) is 7.62. The zero-order valence-electron chi connectivity index (χ0n) is 24.6. The molecule has 11 nitrogen and oxygen atoms in total. The number of hydrogen-bond donors (Lipinski definition) is 2. The van der Waals surface area contributed by atoms with Crippen molar-refractivity contribution in [3.05, 3.63) is 72.3 Å². The molecule has 1 aliphatic carbocycles. The second-order valence-electron chi connectivity index (χ2n) is 10.6. The fraction of sp³-hybridized carbons (Fsp3) is 0.344. The van der Waals surface area contributed by atoms with Crippen molar-refractivity contribution in [1.29, 1.82) is 0 Å². The van der Waals surface area contributed by atoms with Gasteiger partial charge in [0.05, 0.1) is 19.7 Å². The standard InChI is InChI=1S/C32H36N6O5/c1-21(39)33-24-14-16-25(17-15-24)38(30(40)20-37-27-12-8-7-11-26(27)35-36-37)31(32(41)34-23-9-5-4-6-10-23)22-13-18-28(42-2)29(19-22)43-3/h7-8,11-19,23,31H,4-6,9-10,20H2,1-3H3,(H,33,39)(H,34,41)/t31-/m0/s1. The number of nitrogens with zero attached hydrogens (tertiary/aromatic N) is 4. The van der Waals surface area contributed by atoms with Crippen LogP contribution in [0, 0.1) is 0 Å². The number of nitrogens with one attached hydrogen (secondary N) is 2. The molecule has 3 aromatic carbocycles. The maximum Gasteiger partial charge on any atom is 0.249 e. The van der Waals surface area contributed by atoms with Crippen LogP contribution in [0.15, 0.2) is 66.7 Å². The molecule has 0 aliphatic heterocycles. The molecule has 0 bridgehead atoms. The summed E-state index contributed by atoms with van der Waals surface area (Å²) in [5.74, 6) is 0.0487. The SMILES string of the molecule is COc1ccc([C@@H](C(=O)NC2CCCCC2)N(C(=O)Cn2nnc3ccccc32)c2ccc(NC(C)=O)cc2)cc1OC. The van der Waals surface area contributed by atoms with Crippen LogP contribution in [0.2, 0.25) is 0 Å². The van der Waals surface area contributed by atoms with E-state index < -0.39 is 6.04 Å². The lowest BCUT2D eigenvalue weighted by Crippen LogP contribution is -2.48. The highest BCUT2D eigenvalue weighted by Crippen LogP contribution is 2.35. The van der Waals surface area contributed by atoms with Crippen LogP contribution in [0.25, 0.3) is 11.0 Å². The van der Waals surface area contributed by atoms with Gasteiger partial charge in [0, 0.05) is 24.3 Å². The zero-order valence-corrected chi connectivity index (χ0v) is 24.6. The fourth-order valence-corrected chi connectivity index (χ4v) is 5.55. The molecule has 0 saturated heterocycles. The highest BCUT2D eigenvalue weighted by molar-refractivity contribution is 6.02. The number of amides is 3. The number of rotatable bonds is 10. The van der Waals surface area contributed by atoms with Gasteiger partial charge in [-0.3, -0.25) is 19.3 Å². The van der Waals surface area contributed by atoms with Gasteiger partial charge in [-0.1, -0.05) is 42.7 Å². The van der Waals surface area contributed by atoms with E-state index in [-0.39, 0.29) is 30.3 Å². The molecule has 2 N–H and O–H groups in total. The molecule has 4 aromatic rings. The summed E-state index contributed by atoms with van der Waals surface area (Å²) in [5, 5.41) is 14.4. The van der Waals surface area contributed by atoms with E-state index in [9.17, 15) is 14.4 Å². The Bertz CT molecular complexity index is 1600. The molecule has 11 heteroatoms. The Morgan fingerprint density at radius 3 is 2.37 bits per heavy atom. The largest absolute Gasteiger partial charge is 0.493 e. The Morgan fingerprint density at radius 2 is 1.67 bits per heavy atom. The second kappa shape index (κ2) is 13.4. The lowest BCUT2D eigenvalue weighted by Gasteiger charge is -2.34. The van der Waals surface area contributed by atoms with Gasteiger partial charge in [-0.15, -0.1) is 5.10 Å². The van der Waals surface area contributed by atoms with Crippen molar-refractivity contribution in [2.75, 3.05) is 24.4 Å². The van der Waals surface area contributed by atoms with Crippen molar-refractivity contribution in [1.82, 2.24) is 20.3 Å². The topological polar surface area (TPSA) is 128 Å². The van der Waals surface area contributed by atoms with Gasteiger partial charge >= 0.3 is 0 Å². The summed E-state index contributed by atoms with van der Waals surface area (Å²) in [6.07, 6.45) is 4.99. The monoisotopic (exact) mass is 584 g/mol. The summed E-state index contributed by atoms with van der Waals surface area (Å²) >= 11 is 0. The number of para-hydroxylation sites is 1. The highest BCUT2D eigenvalue weighted by Gasteiger charge is 2.35. The highest BCUT2D eigenvalue weighted by atomic mass is 16.5. The van der Waals surface area contributed by atoms with Crippen molar-refractivity contribution in [2.45, 2.75) is 57.7 Å². The Balaban J connectivity index is 1.60. The van der Waals surface area contributed by atoms with Crippen LogP contribution in [-0.4, -0.2) is 53.0 Å². The van der Waals surface area contributed by atoms with E-state index in [1.807, 2.05) is 24.3 Å². The van der Waals surface area contributed by atoms with Gasteiger partial charge in [0.1, 0.15) is 18.1 Å². The minimum absolute atomic E-state index is 0.0160. The summed E-state index contributed by atoms with van der Waals surface area (Å²) in [7, 11) is 3.07. The Hall–Kier alpha value is -4.93. The minimum atomic E-state index is -1.05. The number of ether oxygens (including phenoxy) is 2. The molecule has 5 rings (SSSR count). The summed E-state index contributed by atoms with van der Waals surface area (Å²) < 4.78 is 12.5. The summed E-state index contributed by atoms with van der Waals surface area (Å²) in [4.78, 5) is 41.7. The van der Waals surface area contributed by atoms with Crippen molar-refractivity contribution in [3.63, 3.8) is 0 Å². The Kier molecular flexibility index (Phi) is 9.19. The first-order valence-electron chi connectivity index (χ1n) is 14.4. The molecule has 0 radical (unpaired) electrons. The van der Waals surface area contributed by atoms with E-state index >= 15 is 0 Å². The molecule has 1 aliphatic rings. The smallest absolute Gasteiger partial charge is 0.249 e. The lowest BCUT2D eigenvalue weighted by molar-refractivity contribution is -0.127. The van der Waals surface area contributed by atoms with Crippen LogP contribution >= 0.6 is 0 Å². The third kappa shape index (κ3) is 6.77. The molecule has 3 amide bonds. The van der Waals surface area contributed by atoms with E-state index in [4.69, 9.17) is 9.47 Å². The van der Waals surface area contributed by atoms with Crippen LogP contribution in [0.5, 0.6) is 11.5 Å². The van der Waals surface area contributed by atoms with Gasteiger partial charge in [-0.05, 0) is 66.9 Å². The van der Waals surface area contributed by atoms with Gasteiger partial charge in [0.25, 0.3) is 0 Å². The van der Waals surface area contributed by atoms with Crippen LogP contribution in [0.4, 0.5) is 11.4 Å². The maximum absolute atomic E-state index is 14.3. The van der Waals surface area contributed by atoms with Gasteiger partial charge in [0.2, 0.25) is 17.7 Å². The van der Waals surface area contributed by atoms with Crippen molar-refractivity contribution in [2.24, 2.45) is 0 Å². The van der Waals surface area contributed by atoms with E-state index in [1.54, 1.807) is 49.6 Å². The van der Waals surface area contributed by atoms with E-state index in [2.05, 4.69) is 20.9 Å².